The van der Waals surface area contributed by atoms with E-state index in [4.69, 9.17) is 11.6 Å². The Labute approximate surface area is 211 Å². The SMILES string of the molecule is CN(C)c1ccc(O)c2c1C[C@H]1C[C@H]3CC(=O)C(C(=O)NCNC(=O)CCl)C(=O)[C@@]3(O)C(=O)C1C2=O. The summed E-state index contributed by atoms with van der Waals surface area (Å²) in [5, 5.41) is 26.3. The highest BCUT2D eigenvalue weighted by atomic mass is 35.5. The Balaban J connectivity index is 1.65. The number of nitrogens with one attached hydrogen (secondary N) is 2. The summed E-state index contributed by atoms with van der Waals surface area (Å²) >= 11 is 5.36. The smallest absolute Gasteiger partial charge is 0.239 e. The van der Waals surface area contributed by atoms with E-state index in [-0.39, 0.29) is 30.0 Å². The fraction of sp³-hybridized carbons (Fsp3) is 0.500. The van der Waals surface area contributed by atoms with Crippen LogP contribution in [0.25, 0.3) is 0 Å². The second kappa shape index (κ2) is 9.29. The van der Waals surface area contributed by atoms with Crippen LogP contribution in [-0.2, 0) is 30.4 Å². The van der Waals surface area contributed by atoms with Crippen molar-refractivity contribution >= 4 is 52.2 Å². The fourth-order valence-corrected chi connectivity index (χ4v) is 5.82. The maximum atomic E-state index is 13.6. The van der Waals surface area contributed by atoms with Gasteiger partial charge in [-0.05, 0) is 36.5 Å². The molecule has 4 rings (SSSR count). The molecule has 1 aromatic rings. The Bertz CT molecular complexity index is 1200. The third-order valence-corrected chi connectivity index (χ3v) is 7.63. The van der Waals surface area contributed by atoms with Gasteiger partial charge in [-0.1, -0.05) is 0 Å². The molecule has 2 amide bonds. The van der Waals surface area contributed by atoms with E-state index in [9.17, 15) is 39.0 Å². The predicted octanol–water partition coefficient (Wildman–Crippen LogP) is -0.664. The van der Waals surface area contributed by atoms with Crippen LogP contribution in [0.3, 0.4) is 0 Å². The lowest BCUT2D eigenvalue weighted by Gasteiger charge is -2.48. The summed E-state index contributed by atoms with van der Waals surface area (Å²) in [5.41, 5.74) is -1.47. The van der Waals surface area contributed by atoms with Gasteiger partial charge in [-0.15, -0.1) is 11.6 Å². The molecule has 0 aromatic heterocycles. The molecule has 192 valence electrons. The Morgan fingerprint density at radius 3 is 2.44 bits per heavy atom. The molecular formula is C24H26ClN3O8. The first kappa shape index (κ1) is 25.8. The summed E-state index contributed by atoms with van der Waals surface area (Å²) in [5.74, 6) is -11.1. The number of phenolic OH excluding ortho intramolecular Hbond substituents is 1. The van der Waals surface area contributed by atoms with Crippen LogP contribution in [0.5, 0.6) is 5.75 Å². The second-order valence-corrected chi connectivity index (χ2v) is 9.91. The summed E-state index contributed by atoms with van der Waals surface area (Å²) < 4.78 is 0. The Morgan fingerprint density at radius 2 is 1.81 bits per heavy atom. The summed E-state index contributed by atoms with van der Waals surface area (Å²) in [6, 6.07) is 3.01. The fourth-order valence-electron chi connectivity index (χ4n) is 5.73. The van der Waals surface area contributed by atoms with Gasteiger partial charge in [0.05, 0.1) is 18.2 Å². The molecule has 2 fully saturated rings. The average Bonchev–Trinajstić information content (AvgIpc) is 2.81. The molecule has 4 N–H and O–H groups in total. The third-order valence-electron chi connectivity index (χ3n) is 7.39. The Kier molecular flexibility index (Phi) is 6.65. The monoisotopic (exact) mass is 519 g/mol. The number of alkyl halides is 1. The normalized spacial score (nSPS) is 29.1. The van der Waals surface area contributed by atoms with Gasteiger partial charge < -0.3 is 25.7 Å². The van der Waals surface area contributed by atoms with Crippen LogP contribution in [0.1, 0.15) is 28.8 Å². The van der Waals surface area contributed by atoms with Crippen molar-refractivity contribution in [3.05, 3.63) is 23.3 Å². The maximum absolute atomic E-state index is 13.6. The molecule has 2 saturated carbocycles. The van der Waals surface area contributed by atoms with Crippen molar-refractivity contribution < 1.29 is 39.0 Å². The molecule has 0 radical (unpaired) electrons. The van der Waals surface area contributed by atoms with Gasteiger partial charge in [0, 0.05) is 32.1 Å². The molecule has 36 heavy (non-hydrogen) atoms. The number of hydrogen-bond acceptors (Lipinski definition) is 9. The summed E-state index contributed by atoms with van der Waals surface area (Å²) in [4.78, 5) is 78.8. The lowest BCUT2D eigenvalue weighted by molar-refractivity contribution is -0.175. The van der Waals surface area contributed by atoms with Crippen molar-refractivity contribution in [1.82, 2.24) is 10.6 Å². The highest BCUT2D eigenvalue weighted by molar-refractivity contribution is 6.31. The van der Waals surface area contributed by atoms with Gasteiger partial charge in [0.2, 0.25) is 11.8 Å². The molecule has 3 aliphatic carbocycles. The number of amides is 2. The van der Waals surface area contributed by atoms with Gasteiger partial charge in [0.1, 0.15) is 11.6 Å². The van der Waals surface area contributed by atoms with Gasteiger partial charge in [-0.2, -0.15) is 0 Å². The van der Waals surface area contributed by atoms with Gasteiger partial charge in [0.15, 0.2) is 34.7 Å². The first-order valence-electron chi connectivity index (χ1n) is 11.4. The van der Waals surface area contributed by atoms with Crippen LogP contribution in [0, 0.1) is 23.7 Å². The number of anilines is 1. The molecular weight excluding hydrogens is 494 g/mol. The van der Waals surface area contributed by atoms with Crippen molar-refractivity contribution in [3.8, 4) is 5.75 Å². The zero-order valence-electron chi connectivity index (χ0n) is 19.7. The Morgan fingerprint density at radius 1 is 1.11 bits per heavy atom. The Hall–Kier alpha value is -3.31. The topological polar surface area (TPSA) is 170 Å². The van der Waals surface area contributed by atoms with Crippen LogP contribution in [0.15, 0.2) is 12.1 Å². The number of hydrogen-bond donors (Lipinski definition) is 4. The van der Waals surface area contributed by atoms with Gasteiger partial charge >= 0.3 is 0 Å². The van der Waals surface area contributed by atoms with E-state index >= 15 is 0 Å². The van der Waals surface area contributed by atoms with Gasteiger partial charge in [-0.25, -0.2) is 0 Å². The van der Waals surface area contributed by atoms with Crippen molar-refractivity contribution in [2.45, 2.75) is 24.9 Å². The minimum Gasteiger partial charge on any atom is -0.507 e. The van der Waals surface area contributed by atoms with Crippen molar-refractivity contribution in [2.24, 2.45) is 23.7 Å². The minimum atomic E-state index is -2.70. The number of Topliss-reactive ketones (excluding diaryl/α,β-unsaturated/α-hetero) is 4. The quantitative estimate of drug-likeness (QED) is 0.224. The van der Waals surface area contributed by atoms with Crippen LogP contribution < -0.4 is 15.5 Å². The van der Waals surface area contributed by atoms with E-state index < -0.39 is 77.3 Å². The molecule has 5 atom stereocenters. The van der Waals surface area contributed by atoms with E-state index in [1.165, 1.54) is 6.07 Å². The van der Waals surface area contributed by atoms with Crippen molar-refractivity contribution in [1.29, 1.82) is 0 Å². The molecule has 0 saturated heterocycles. The highest BCUT2D eigenvalue weighted by Crippen LogP contribution is 2.51. The number of aliphatic hydroxyl groups is 1. The van der Waals surface area contributed by atoms with Crippen LogP contribution in [0.4, 0.5) is 5.69 Å². The molecule has 0 aliphatic heterocycles. The number of benzene rings is 1. The van der Waals surface area contributed by atoms with E-state index in [0.29, 0.717) is 11.3 Å². The lowest BCUT2D eigenvalue weighted by atomic mass is 9.53. The minimum absolute atomic E-state index is 0.0264. The summed E-state index contributed by atoms with van der Waals surface area (Å²) in [7, 11) is 3.55. The summed E-state index contributed by atoms with van der Waals surface area (Å²) in [6.45, 7) is -0.412. The lowest BCUT2D eigenvalue weighted by Crippen LogP contribution is -2.68. The number of ketones is 4. The third kappa shape index (κ3) is 3.86. The average molecular weight is 520 g/mol. The van der Waals surface area contributed by atoms with Crippen molar-refractivity contribution in [2.75, 3.05) is 31.5 Å². The zero-order valence-corrected chi connectivity index (χ0v) is 20.4. The zero-order chi connectivity index (χ0) is 26.5. The number of rotatable bonds is 5. The number of phenols is 1. The largest absolute Gasteiger partial charge is 0.507 e. The standard InChI is InChI=1S/C24H26ClN3O8/c1-28(2)13-3-4-14(29)18-12(13)6-10-5-11-7-15(30)19(23(35)27-9-26-16(31)8-25)22(34)24(11,36)21(33)17(10)20(18)32/h3-4,10-11,17,19,29,36H,5-9H2,1-2H3,(H,26,31)(H,27,35)/t10-,11+,17?,19?,24+/m1/s1. The second-order valence-electron chi connectivity index (χ2n) is 9.64. The van der Waals surface area contributed by atoms with Crippen molar-refractivity contribution in [3.63, 3.8) is 0 Å². The van der Waals surface area contributed by atoms with Gasteiger partial charge in [-0.3, -0.25) is 28.8 Å². The van der Waals surface area contributed by atoms with Gasteiger partial charge in [0.25, 0.3) is 0 Å². The highest BCUT2D eigenvalue weighted by Gasteiger charge is 2.66. The summed E-state index contributed by atoms with van der Waals surface area (Å²) in [6.07, 6.45) is -0.123. The first-order valence-corrected chi connectivity index (χ1v) is 12.0. The van der Waals surface area contributed by atoms with E-state index in [2.05, 4.69) is 10.6 Å². The van der Waals surface area contributed by atoms with E-state index in [0.717, 1.165) is 0 Å². The number of nitrogens with zero attached hydrogens (tertiary/aromatic N) is 1. The number of carbonyl (C=O) groups excluding carboxylic acids is 6. The molecule has 3 aliphatic rings. The maximum Gasteiger partial charge on any atom is 0.239 e. The number of fused-ring (bicyclic) bond motifs is 3. The number of aromatic hydroxyl groups is 1. The number of carbonyl (C=O) groups is 6. The predicted molar refractivity (Wildman–Crippen MR) is 126 cm³/mol. The van der Waals surface area contributed by atoms with Crippen LogP contribution in [-0.4, -0.2) is 77.4 Å². The molecule has 11 nitrogen and oxygen atoms in total. The molecule has 12 heteroatoms. The molecule has 1 aromatic carbocycles. The van der Waals surface area contributed by atoms with E-state index in [1.54, 1.807) is 25.1 Å². The molecule has 0 bridgehead atoms. The first-order chi connectivity index (χ1) is 16.9. The molecule has 2 unspecified atom stereocenters. The number of halogens is 1. The molecule has 0 heterocycles. The van der Waals surface area contributed by atoms with Crippen LogP contribution >= 0.6 is 11.6 Å². The molecule has 0 spiro atoms. The van der Waals surface area contributed by atoms with Crippen LogP contribution in [0.2, 0.25) is 0 Å². The van der Waals surface area contributed by atoms with E-state index in [1.807, 2.05) is 0 Å².